The van der Waals surface area contributed by atoms with Crippen molar-refractivity contribution in [2.45, 2.75) is 11.0 Å². The van der Waals surface area contributed by atoms with Crippen molar-refractivity contribution in [1.29, 1.82) is 5.26 Å². The fraction of sp³-hybridized carbons (Fsp3) is 0.211. The molecule has 0 fully saturated rings. The monoisotopic (exact) mass is 453 g/mol. The van der Waals surface area contributed by atoms with E-state index in [9.17, 15) is 18.0 Å². The predicted molar refractivity (Wildman–Crippen MR) is 110 cm³/mol. The van der Waals surface area contributed by atoms with Gasteiger partial charge >= 0.3 is 0 Å². The van der Waals surface area contributed by atoms with Crippen molar-refractivity contribution in [3.05, 3.63) is 69.7 Å². The van der Waals surface area contributed by atoms with Gasteiger partial charge < -0.3 is 10.6 Å². The fourth-order valence-corrected chi connectivity index (χ4v) is 4.55. The molecule has 0 aliphatic carbocycles. The van der Waals surface area contributed by atoms with Gasteiger partial charge in [0.05, 0.1) is 11.8 Å². The second-order valence-electron chi connectivity index (χ2n) is 5.98. The molecule has 7 nitrogen and oxygen atoms in total. The zero-order chi connectivity index (χ0) is 21.4. The van der Waals surface area contributed by atoms with Crippen LogP contribution in [-0.4, -0.2) is 38.6 Å². The van der Waals surface area contributed by atoms with Crippen LogP contribution in [0.2, 0.25) is 10.0 Å². The number of halogens is 2. The lowest BCUT2D eigenvalue weighted by Crippen LogP contribution is -2.47. The standard InChI is InChI=1S/C19H17Cl2N3O4S/c20-15-6-7-16(21)14(10-15)12-29(27,28)17(19(26)23-9-8-22)11-24-18(25)13-4-2-1-3-5-13/h1-7,10,17H,9,11-12H2,(H,23,26)(H,24,25). The zero-order valence-electron chi connectivity index (χ0n) is 15.1. The van der Waals surface area contributed by atoms with Crippen molar-refractivity contribution in [2.75, 3.05) is 13.1 Å². The van der Waals surface area contributed by atoms with E-state index in [0.717, 1.165) is 0 Å². The molecule has 0 aromatic heterocycles. The van der Waals surface area contributed by atoms with Crippen molar-refractivity contribution in [3.63, 3.8) is 0 Å². The first-order chi connectivity index (χ1) is 13.7. The van der Waals surface area contributed by atoms with Crippen LogP contribution in [0.5, 0.6) is 0 Å². The number of benzene rings is 2. The Morgan fingerprint density at radius 1 is 1.07 bits per heavy atom. The molecule has 0 saturated heterocycles. The normalized spacial score (nSPS) is 11.9. The van der Waals surface area contributed by atoms with Crippen molar-refractivity contribution in [1.82, 2.24) is 10.6 Å². The number of nitrogens with zero attached hydrogens (tertiary/aromatic N) is 1. The van der Waals surface area contributed by atoms with Crippen LogP contribution in [0.15, 0.2) is 48.5 Å². The van der Waals surface area contributed by atoms with E-state index in [0.29, 0.717) is 10.6 Å². The minimum atomic E-state index is -4.10. The number of nitrogens with one attached hydrogen (secondary N) is 2. The predicted octanol–water partition coefficient (Wildman–Crippen LogP) is 2.35. The lowest BCUT2D eigenvalue weighted by molar-refractivity contribution is -0.120. The van der Waals surface area contributed by atoms with Gasteiger partial charge in [0.15, 0.2) is 15.1 Å². The van der Waals surface area contributed by atoms with E-state index < -0.39 is 39.2 Å². The quantitative estimate of drug-likeness (QED) is 0.594. The summed E-state index contributed by atoms with van der Waals surface area (Å²) >= 11 is 11.9. The van der Waals surface area contributed by atoms with Crippen LogP contribution in [0.3, 0.4) is 0 Å². The molecule has 2 rings (SSSR count). The van der Waals surface area contributed by atoms with E-state index >= 15 is 0 Å². The molecule has 0 spiro atoms. The van der Waals surface area contributed by atoms with E-state index in [2.05, 4.69) is 10.6 Å². The van der Waals surface area contributed by atoms with E-state index in [1.54, 1.807) is 36.4 Å². The number of hydrogen-bond donors (Lipinski definition) is 2. The van der Waals surface area contributed by atoms with Crippen molar-refractivity contribution < 1.29 is 18.0 Å². The summed E-state index contributed by atoms with van der Waals surface area (Å²) in [7, 11) is -4.10. The molecule has 2 amide bonds. The summed E-state index contributed by atoms with van der Waals surface area (Å²) in [5.74, 6) is -1.98. The highest BCUT2D eigenvalue weighted by atomic mass is 35.5. The van der Waals surface area contributed by atoms with Crippen LogP contribution in [0.25, 0.3) is 0 Å². The highest BCUT2D eigenvalue weighted by molar-refractivity contribution is 7.92. The Hall–Kier alpha value is -2.60. The topological polar surface area (TPSA) is 116 Å². The number of carbonyl (C=O) groups excluding carboxylic acids is 2. The molecular weight excluding hydrogens is 437 g/mol. The minimum absolute atomic E-state index is 0.183. The SMILES string of the molecule is N#CCNC(=O)C(CNC(=O)c1ccccc1)S(=O)(=O)Cc1cc(Cl)ccc1Cl. The van der Waals surface area contributed by atoms with E-state index in [4.69, 9.17) is 28.5 Å². The maximum Gasteiger partial charge on any atom is 0.251 e. The Bertz CT molecular complexity index is 1040. The summed E-state index contributed by atoms with van der Waals surface area (Å²) in [5.41, 5.74) is 0.547. The average molecular weight is 454 g/mol. The molecule has 1 atom stereocenters. The molecule has 0 heterocycles. The van der Waals surface area contributed by atoms with Gasteiger partial charge in [-0.2, -0.15) is 5.26 Å². The number of hydrogen-bond acceptors (Lipinski definition) is 5. The third-order valence-corrected chi connectivity index (χ3v) is 6.48. The lowest BCUT2D eigenvalue weighted by atomic mass is 10.2. The van der Waals surface area contributed by atoms with E-state index in [-0.39, 0.29) is 17.1 Å². The summed E-state index contributed by atoms with van der Waals surface area (Å²) in [5, 5.41) is 12.2. The molecular formula is C19H17Cl2N3O4S. The molecule has 152 valence electrons. The zero-order valence-corrected chi connectivity index (χ0v) is 17.4. The number of sulfone groups is 1. The number of nitriles is 1. The molecule has 0 aliphatic rings. The molecule has 1 unspecified atom stereocenters. The van der Waals surface area contributed by atoms with Gasteiger partial charge in [-0.3, -0.25) is 9.59 Å². The third kappa shape index (κ3) is 6.46. The second kappa shape index (κ2) is 10.3. The van der Waals surface area contributed by atoms with Gasteiger partial charge in [-0.15, -0.1) is 0 Å². The van der Waals surface area contributed by atoms with Gasteiger partial charge in [-0.25, -0.2) is 8.42 Å². The molecule has 0 aliphatic heterocycles. The van der Waals surface area contributed by atoms with Crippen molar-refractivity contribution in [3.8, 4) is 6.07 Å². The van der Waals surface area contributed by atoms with Gasteiger partial charge in [-0.05, 0) is 35.9 Å². The smallest absolute Gasteiger partial charge is 0.251 e. The molecule has 0 saturated carbocycles. The Labute approximate surface area is 178 Å². The molecule has 2 aromatic carbocycles. The molecule has 10 heteroatoms. The molecule has 2 aromatic rings. The summed E-state index contributed by atoms with van der Waals surface area (Å²) < 4.78 is 25.8. The first-order valence-corrected chi connectivity index (χ1v) is 10.8. The van der Waals surface area contributed by atoms with Crippen molar-refractivity contribution >= 4 is 44.9 Å². The van der Waals surface area contributed by atoms with Crippen LogP contribution in [0.1, 0.15) is 15.9 Å². The summed E-state index contributed by atoms with van der Waals surface area (Å²) in [6, 6.07) is 14.2. The Morgan fingerprint density at radius 2 is 1.76 bits per heavy atom. The molecule has 2 N–H and O–H groups in total. The number of rotatable bonds is 8. The highest BCUT2D eigenvalue weighted by Crippen LogP contribution is 2.24. The van der Waals surface area contributed by atoms with Gasteiger partial charge in [0, 0.05) is 22.2 Å². The summed E-state index contributed by atoms with van der Waals surface area (Å²) in [4.78, 5) is 24.6. The molecule has 29 heavy (non-hydrogen) atoms. The summed E-state index contributed by atoms with van der Waals surface area (Å²) in [6.07, 6.45) is 0. The van der Waals surface area contributed by atoms with E-state index in [1.165, 1.54) is 18.2 Å². The Morgan fingerprint density at radius 3 is 2.41 bits per heavy atom. The summed E-state index contributed by atoms with van der Waals surface area (Å²) in [6.45, 7) is -0.832. The van der Waals surface area contributed by atoms with Crippen molar-refractivity contribution in [2.24, 2.45) is 0 Å². The van der Waals surface area contributed by atoms with Crippen LogP contribution >= 0.6 is 23.2 Å². The highest BCUT2D eigenvalue weighted by Gasteiger charge is 2.33. The van der Waals surface area contributed by atoms with Gasteiger partial charge in [0.1, 0.15) is 6.54 Å². The lowest BCUT2D eigenvalue weighted by Gasteiger charge is -2.18. The Kier molecular flexibility index (Phi) is 8.02. The van der Waals surface area contributed by atoms with Crippen LogP contribution in [0, 0.1) is 11.3 Å². The molecule has 0 bridgehead atoms. The third-order valence-electron chi connectivity index (χ3n) is 3.92. The van der Waals surface area contributed by atoms with Crippen LogP contribution in [0.4, 0.5) is 0 Å². The number of carbonyl (C=O) groups is 2. The molecule has 0 radical (unpaired) electrons. The first-order valence-electron chi connectivity index (χ1n) is 8.38. The first kappa shape index (κ1) is 22.7. The number of amides is 2. The van der Waals surface area contributed by atoms with Gasteiger partial charge in [0.2, 0.25) is 5.91 Å². The van der Waals surface area contributed by atoms with Crippen LogP contribution < -0.4 is 10.6 Å². The van der Waals surface area contributed by atoms with Crippen LogP contribution in [-0.2, 0) is 20.4 Å². The maximum absolute atomic E-state index is 12.9. The Balaban J connectivity index is 2.24. The minimum Gasteiger partial charge on any atom is -0.350 e. The maximum atomic E-state index is 12.9. The second-order valence-corrected chi connectivity index (χ2v) is 9.01. The van der Waals surface area contributed by atoms with Gasteiger partial charge in [-0.1, -0.05) is 41.4 Å². The van der Waals surface area contributed by atoms with Gasteiger partial charge in [0.25, 0.3) is 5.91 Å². The van der Waals surface area contributed by atoms with E-state index in [1.807, 2.05) is 0 Å². The average Bonchev–Trinajstić information content (AvgIpc) is 2.69. The largest absolute Gasteiger partial charge is 0.350 e. The fourth-order valence-electron chi connectivity index (χ4n) is 2.47.